The molecule has 2 amide bonds. The number of piperazine rings is 1. The van der Waals surface area contributed by atoms with Crippen LogP contribution in [0.25, 0.3) is 0 Å². The molecule has 0 saturated carbocycles. The Hall–Kier alpha value is -3.03. The van der Waals surface area contributed by atoms with Crippen molar-refractivity contribution >= 4 is 11.8 Å². The minimum atomic E-state index is -0.307. The minimum absolute atomic E-state index is 0.00889. The number of H-pyrrole nitrogens is 1. The van der Waals surface area contributed by atoms with E-state index < -0.39 is 0 Å². The predicted molar refractivity (Wildman–Crippen MR) is 93.1 cm³/mol. The summed E-state index contributed by atoms with van der Waals surface area (Å²) in [6, 6.07) is 8.34. The smallest absolute Gasteiger partial charge is 0.280 e. The standard InChI is InChI=1S/C18H21N3O5/c1-25-14-4-2-13(3-5-14)18(24)21-10-8-20(9-11-21)17(23)7-6-15-12-16(22)19-26-15/h2-5,12H,6-11H2,1H3,(H,19,22). The lowest BCUT2D eigenvalue weighted by Gasteiger charge is -2.34. The molecule has 8 heteroatoms. The molecule has 1 aliphatic rings. The summed E-state index contributed by atoms with van der Waals surface area (Å²) in [5.74, 6) is 1.12. The average molecular weight is 359 g/mol. The molecule has 3 rings (SSSR count). The van der Waals surface area contributed by atoms with Crippen molar-refractivity contribution in [2.45, 2.75) is 12.8 Å². The molecule has 0 bridgehead atoms. The molecule has 1 saturated heterocycles. The Morgan fingerprint density at radius 3 is 2.35 bits per heavy atom. The van der Waals surface area contributed by atoms with Crippen LogP contribution in [0.2, 0.25) is 0 Å². The summed E-state index contributed by atoms with van der Waals surface area (Å²) in [5, 5.41) is 2.21. The van der Waals surface area contributed by atoms with Crippen LogP contribution in [0.1, 0.15) is 22.5 Å². The van der Waals surface area contributed by atoms with Gasteiger partial charge in [-0.1, -0.05) is 0 Å². The first kappa shape index (κ1) is 17.8. The van der Waals surface area contributed by atoms with Gasteiger partial charge in [0.25, 0.3) is 11.5 Å². The van der Waals surface area contributed by atoms with E-state index in [1.807, 2.05) is 0 Å². The highest BCUT2D eigenvalue weighted by molar-refractivity contribution is 5.94. The summed E-state index contributed by atoms with van der Waals surface area (Å²) in [4.78, 5) is 39.3. The van der Waals surface area contributed by atoms with Gasteiger partial charge in [0, 0.05) is 50.7 Å². The number of hydrogen-bond donors (Lipinski definition) is 1. The third kappa shape index (κ3) is 4.14. The third-order valence-electron chi connectivity index (χ3n) is 4.42. The van der Waals surface area contributed by atoms with E-state index in [4.69, 9.17) is 9.26 Å². The molecule has 1 aromatic carbocycles. The third-order valence-corrected chi connectivity index (χ3v) is 4.42. The van der Waals surface area contributed by atoms with Gasteiger partial charge in [-0.25, -0.2) is 0 Å². The van der Waals surface area contributed by atoms with Crippen LogP contribution < -0.4 is 10.3 Å². The first-order chi connectivity index (χ1) is 12.6. The molecule has 26 heavy (non-hydrogen) atoms. The monoisotopic (exact) mass is 359 g/mol. The van der Waals surface area contributed by atoms with E-state index in [0.717, 1.165) is 0 Å². The lowest BCUT2D eigenvalue weighted by atomic mass is 10.1. The fourth-order valence-corrected chi connectivity index (χ4v) is 2.91. The summed E-state index contributed by atoms with van der Waals surface area (Å²) in [7, 11) is 1.58. The van der Waals surface area contributed by atoms with Crippen molar-refractivity contribution < 1.29 is 18.8 Å². The first-order valence-corrected chi connectivity index (χ1v) is 8.45. The Kier molecular flexibility index (Phi) is 5.40. The van der Waals surface area contributed by atoms with Crippen molar-refractivity contribution in [3.8, 4) is 5.75 Å². The molecule has 0 spiro atoms. The summed E-state index contributed by atoms with van der Waals surface area (Å²) in [6.45, 7) is 1.99. The van der Waals surface area contributed by atoms with Crippen LogP contribution in [0.15, 0.2) is 39.6 Å². The number of rotatable bonds is 5. The number of aromatic nitrogens is 1. The molecule has 0 unspecified atom stereocenters. The highest BCUT2D eigenvalue weighted by Crippen LogP contribution is 2.15. The van der Waals surface area contributed by atoms with Crippen molar-refractivity contribution in [1.29, 1.82) is 0 Å². The van der Waals surface area contributed by atoms with E-state index in [1.165, 1.54) is 6.07 Å². The second-order valence-electron chi connectivity index (χ2n) is 6.08. The number of ether oxygens (including phenoxy) is 1. The van der Waals surface area contributed by atoms with Crippen molar-refractivity contribution in [1.82, 2.24) is 15.0 Å². The van der Waals surface area contributed by atoms with Gasteiger partial charge in [0.2, 0.25) is 5.91 Å². The Balaban J connectivity index is 1.49. The number of amides is 2. The van der Waals surface area contributed by atoms with Crippen molar-refractivity contribution in [3.63, 3.8) is 0 Å². The Morgan fingerprint density at radius 2 is 1.77 bits per heavy atom. The van der Waals surface area contributed by atoms with Gasteiger partial charge in [-0.2, -0.15) is 5.16 Å². The number of benzene rings is 1. The normalized spacial score (nSPS) is 14.3. The summed E-state index contributed by atoms with van der Waals surface area (Å²) >= 11 is 0. The van der Waals surface area contributed by atoms with Gasteiger partial charge in [-0.15, -0.1) is 0 Å². The minimum Gasteiger partial charge on any atom is -0.497 e. The van der Waals surface area contributed by atoms with E-state index in [9.17, 15) is 14.4 Å². The molecule has 8 nitrogen and oxygen atoms in total. The van der Waals surface area contributed by atoms with E-state index in [2.05, 4.69) is 5.16 Å². The van der Waals surface area contributed by atoms with Crippen LogP contribution in [-0.2, 0) is 11.2 Å². The SMILES string of the molecule is COc1ccc(C(=O)N2CCN(C(=O)CCc3cc(=O)[nH]o3)CC2)cc1. The maximum absolute atomic E-state index is 12.5. The van der Waals surface area contributed by atoms with E-state index in [-0.39, 0.29) is 23.8 Å². The number of carbonyl (C=O) groups excluding carboxylic acids is 2. The number of aromatic amines is 1. The predicted octanol–water partition coefficient (Wildman–Crippen LogP) is 0.894. The molecule has 1 N–H and O–H groups in total. The molecule has 1 aromatic heterocycles. The summed E-state index contributed by atoms with van der Waals surface area (Å²) in [5.41, 5.74) is 0.297. The highest BCUT2D eigenvalue weighted by atomic mass is 16.5. The fraction of sp³-hybridized carbons (Fsp3) is 0.389. The number of nitrogens with one attached hydrogen (secondary N) is 1. The molecule has 0 aliphatic carbocycles. The first-order valence-electron chi connectivity index (χ1n) is 8.45. The molecule has 1 aliphatic heterocycles. The molecule has 2 heterocycles. The number of nitrogens with zero attached hydrogens (tertiary/aromatic N) is 2. The van der Waals surface area contributed by atoms with Crippen LogP contribution >= 0.6 is 0 Å². The van der Waals surface area contributed by atoms with Crippen molar-refractivity contribution in [2.24, 2.45) is 0 Å². The maximum Gasteiger partial charge on any atom is 0.280 e. The van der Waals surface area contributed by atoms with Gasteiger partial charge < -0.3 is 19.1 Å². The largest absolute Gasteiger partial charge is 0.497 e. The topological polar surface area (TPSA) is 95.9 Å². The van der Waals surface area contributed by atoms with Crippen LogP contribution in [-0.4, -0.2) is 60.1 Å². The van der Waals surface area contributed by atoms with Crippen LogP contribution in [0.4, 0.5) is 0 Å². The zero-order valence-electron chi connectivity index (χ0n) is 14.6. The second kappa shape index (κ2) is 7.90. The highest BCUT2D eigenvalue weighted by Gasteiger charge is 2.24. The van der Waals surface area contributed by atoms with Gasteiger partial charge in [0.1, 0.15) is 11.5 Å². The van der Waals surface area contributed by atoms with E-state index in [0.29, 0.717) is 49.7 Å². The van der Waals surface area contributed by atoms with Crippen molar-refractivity contribution in [3.05, 3.63) is 52.0 Å². The molecular weight excluding hydrogens is 338 g/mol. The molecular formula is C18H21N3O5. The molecule has 1 fully saturated rings. The Bertz CT molecular complexity index is 816. The number of hydrogen-bond acceptors (Lipinski definition) is 5. The molecule has 0 radical (unpaired) electrons. The van der Waals surface area contributed by atoms with Gasteiger partial charge >= 0.3 is 0 Å². The summed E-state index contributed by atoms with van der Waals surface area (Å²) in [6.07, 6.45) is 0.649. The quantitative estimate of drug-likeness (QED) is 0.855. The van der Waals surface area contributed by atoms with Gasteiger partial charge in [-0.05, 0) is 24.3 Å². The number of aryl methyl sites for hydroxylation is 1. The van der Waals surface area contributed by atoms with Crippen molar-refractivity contribution in [2.75, 3.05) is 33.3 Å². The zero-order chi connectivity index (χ0) is 18.5. The molecule has 0 atom stereocenters. The van der Waals surface area contributed by atoms with Gasteiger partial charge in [0.15, 0.2) is 0 Å². The van der Waals surface area contributed by atoms with Gasteiger partial charge in [-0.3, -0.25) is 14.4 Å². The number of carbonyl (C=O) groups is 2. The lowest BCUT2D eigenvalue weighted by Crippen LogP contribution is -2.50. The van der Waals surface area contributed by atoms with Crippen LogP contribution in [0, 0.1) is 0 Å². The second-order valence-corrected chi connectivity index (χ2v) is 6.08. The van der Waals surface area contributed by atoms with E-state index >= 15 is 0 Å². The fourth-order valence-electron chi connectivity index (χ4n) is 2.91. The maximum atomic E-state index is 12.5. The summed E-state index contributed by atoms with van der Waals surface area (Å²) < 4.78 is 10.0. The Labute approximate surface area is 150 Å². The molecule has 138 valence electrons. The Morgan fingerprint density at radius 1 is 1.12 bits per heavy atom. The average Bonchev–Trinajstić information content (AvgIpc) is 3.11. The zero-order valence-corrected chi connectivity index (χ0v) is 14.6. The van der Waals surface area contributed by atoms with E-state index in [1.54, 1.807) is 41.2 Å². The lowest BCUT2D eigenvalue weighted by molar-refractivity contribution is -0.132. The molecule has 2 aromatic rings. The number of methoxy groups -OCH3 is 1. The van der Waals surface area contributed by atoms with Crippen LogP contribution in [0.3, 0.4) is 0 Å². The van der Waals surface area contributed by atoms with Gasteiger partial charge in [0.05, 0.1) is 7.11 Å². The van der Waals surface area contributed by atoms with Crippen LogP contribution in [0.5, 0.6) is 5.75 Å².